The number of aromatic nitrogens is 5. The quantitative estimate of drug-likeness (QED) is 0.419. The summed E-state index contributed by atoms with van der Waals surface area (Å²) in [4.78, 5) is 26.3. The molecule has 0 spiro atoms. The van der Waals surface area contributed by atoms with Gasteiger partial charge in [0.2, 0.25) is 11.1 Å². The number of thioether (sulfide) groups is 1. The molecule has 1 amide bonds. The second-order valence-corrected chi connectivity index (χ2v) is 8.42. The molecule has 0 saturated carbocycles. The Morgan fingerprint density at radius 2 is 1.88 bits per heavy atom. The second-order valence-electron chi connectivity index (χ2n) is 7.48. The Morgan fingerprint density at radius 1 is 1.06 bits per heavy atom. The van der Waals surface area contributed by atoms with Gasteiger partial charge in [0.1, 0.15) is 6.04 Å². The number of carbonyl (C=O) groups is 1. The molecule has 3 aromatic heterocycles. The summed E-state index contributed by atoms with van der Waals surface area (Å²) in [7, 11) is 0. The van der Waals surface area contributed by atoms with Crippen LogP contribution in [-0.2, 0) is 10.5 Å². The van der Waals surface area contributed by atoms with Gasteiger partial charge in [0.15, 0.2) is 0 Å². The first kappa shape index (κ1) is 20.9. The first-order valence-corrected chi connectivity index (χ1v) is 11.4. The molecule has 0 saturated heterocycles. The number of rotatable bonds is 6. The molecular weight excluding hydrogens is 434 g/mol. The van der Waals surface area contributed by atoms with E-state index >= 15 is 0 Å². The minimum atomic E-state index is -0.445. The number of nitrogens with one attached hydrogen (secondary N) is 2. The van der Waals surface area contributed by atoms with Gasteiger partial charge in [0.05, 0.1) is 17.5 Å². The Hall–Kier alpha value is -3.98. The van der Waals surface area contributed by atoms with Crippen LogP contribution in [0.4, 0.5) is 11.6 Å². The number of benzene rings is 1. The lowest BCUT2D eigenvalue weighted by Gasteiger charge is -2.28. The summed E-state index contributed by atoms with van der Waals surface area (Å²) >= 11 is 1.56. The molecule has 8 nitrogen and oxygen atoms in total. The molecule has 4 aromatic rings. The zero-order valence-corrected chi connectivity index (χ0v) is 18.7. The molecule has 0 aliphatic carbocycles. The first-order chi connectivity index (χ1) is 16.2. The summed E-state index contributed by atoms with van der Waals surface area (Å²) in [5.41, 5.74) is 3.99. The summed E-state index contributed by atoms with van der Waals surface area (Å²) in [5, 5.41) is 11.6. The van der Waals surface area contributed by atoms with Crippen molar-refractivity contribution < 1.29 is 4.79 Å². The van der Waals surface area contributed by atoms with Gasteiger partial charge >= 0.3 is 0 Å². The van der Waals surface area contributed by atoms with Crippen molar-refractivity contribution in [2.45, 2.75) is 23.9 Å². The van der Waals surface area contributed by atoms with Crippen LogP contribution in [0.5, 0.6) is 0 Å². The Kier molecular flexibility index (Phi) is 5.86. The highest BCUT2D eigenvalue weighted by atomic mass is 32.2. The average Bonchev–Trinajstić information content (AvgIpc) is 3.26. The Balaban J connectivity index is 1.48. The van der Waals surface area contributed by atoms with E-state index in [0.29, 0.717) is 22.4 Å². The number of nitrogens with zero attached hydrogens (tertiary/aromatic N) is 5. The van der Waals surface area contributed by atoms with Crippen molar-refractivity contribution in [3.63, 3.8) is 0 Å². The fourth-order valence-corrected chi connectivity index (χ4v) is 4.48. The van der Waals surface area contributed by atoms with Crippen LogP contribution in [-0.4, -0.2) is 30.6 Å². The molecule has 164 valence electrons. The van der Waals surface area contributed by atoms with E-state index in [1.54, 1.807) is 53.4 Å². The van der Waals surface area contributed by atoms with E-state index in [1.165, 1.54) is 5.56 Å². The number of carbonyl (C=O) groups excluding carboxylic acids is 1. The smallest absolute Gasteiger partial charge is 0.255 e. The molecule has 1 atom stereocenters. The molecule has 0 fully saturated rings. The van der Waals surface area contributed by atoms with Gasteiger partial charge < -0.3 is 10.6 Å². The molecule has 33 heavy (non-hydrogen) atoms. The van der Waals surface area contributed by atoms with Gasteiger partial charge in [0, 0.05) is 30.0 Å². The number of anilines is 2. The Morgan fingerprint density at radius 3 is 2.64 bits per heavy atom. The molecule has 0 bridgehead atoms. The minimum Gasteiger partial charge on any atom is -0.328 e. The van der Waals surface area contributed by atoms with Gasteiger partial charge in [-0.05, 0) is 42.3 Å². The van der Waals surface area contributed by atoms with Crippen molar-refractivity contribution >= 4 is 29.3 Å². The maximum absolute atomic E-state index is 13.4. The van der Waals surface area contributed by atoms with E-state index in [0.717, 1.165) is 17.0 Å². The van der Waals surface area contributed by atoms with E-state index in [2.05, 4.69) is 37.7 Å². The normalized spacial score (nSPS) is 15.0. The van der Waals surface area contributed by atoms with Crippen LogP contribution in [0.3, 0.4) is 0 Å². The molecule has 9 heteroatoms. The second kappa shape index (κ2) is 9.25. The maximum atomic E-state index is 13.4. The lowest BCUT2D eigenvalue weighted by molar-refractivity contribution is -0.113. The third kappa shape index (κ3) is 4.49. The summed E-state index contributed by atoms with van der Waals surface area (Å²) in [5.74, 6) is 1.13. The van der Waals surface area contributed by atoms with Crippen LogP contribution in [0.2, 0.25) is 0 Å². The number of allylic oxidation sites excluding steroid dienone is 1. The molecule has 5 rings (SSSR count). The van der Waals surface area contributed by atoms with Crippen LogP contribution in [0, 0.1) is 0 Å². The van der Waals surface area contributed by atoms with Crippen LogP contribution in [0.25, 0.3) is 0 Å². The van der Waals surface area contributed by atoms with Crippen LogP contribution >= 0.6 is 11.8 Å². The first-order valence-electron chi connectivity index (χ1n) is 10.4. The van der Waals surface area contributed by atoms with Crippen molar-refractivity contribution in [3.05, 3.63) is 102 Å². The van der Waals surface area contributed by atoms with Crippen molar-refractivity contribution in [1.82, 2.24) is 24.7 Å². The number of hydrogen-bond donors (Lipinski definition) is 2. The number of amides is 1. The fraction of sp³-hybridized carbons (Fsp3) is 0.125. The third-order valence-electron chi connectivity index (χ3n) is 5.23. The predicted molar refractivity (Wildman–Crippen MR) is 128 cm³/mol. The molecular formula is C24H21N7OS. The van der Waals surface area contributed by atoms with Gasteiger partial charge in [-0.3, -0.25) is 14.8 Å². The van der Waals surface area contributed by atoms with Gasteiger partial charge in [-0.2, -0.15) is 4.98 Å². The summed E-state index contributed by atoms with van der Waals surface area (Å²) in [6.07, 6.45) is 6.71. The summed E-state index contributed by atoms with van der Waals surface area (Å²) < 4.78 is 1.77. The molecule has 0 unspecified atom stereocenters. The van der Waals surface area contributed by atoms with Gasteiger partial charge in [-0.15, -0.1) is 5.10 Å². The van der Waals surface area contributed by atoms with Crippen molar-refractivity contribution in [3.8, 4) is 0 Å². The number of hydrogen-bond acceptors (Lipinski definition) is 7. The lowest BCUT2D eigenvalue weighted by Crippen LogP contribution is -2.31. The summed E-state index contributed by atoms with van der Waals surface area (Å²) in [6, 6.07) is 17.1. The molecule has 1 aromatic carbocycles. The standard InChI is InChI=1S/C24H21N7OS/c1-16-20(22(32)28-19-8-5-11-26-14-19)21(18-9-12-25-13-10-18)31-23(27-16)29-24(30-31)33-15-17-6-3-2-4-7-17/h2-14,21H,15H2,1H3,(H,28,32)(H,27,29,30)/t21-/m1/s1. The number of pyridine rings is 2. The van der Waals surface area contributed by atoms with Crippen molar-refractivity contribution in [1.29, 1.82) is 0 Å². The SMILES string of the molecule is CC1=C(C(=O)Nc2cccnc2)[C@@H](c2ccncc2)n2nc(SCc3ccccc3)nc2N1. The van der Waals surface area contributed by atoms with E-state index < -0.39 is 6.04 Å². The predicted octanol–water partition coefficient (Wildman–Crippen LogP) is 4.29. The van der Waals surface area contributed by atoms with E-state index in [1.807, 2.05) is 37.3 Å². The van der Waals surface area contributed by atoms with Crippen LogP contribution in [0.1, 0.15) is 24.1 Å². The van der Waals surface area contributed by atoms with Crippen molar-refractivity contribution in [2.75, 3.05) is 10.6 Å². The molecule has 1 aliphatic rings. The van der Waals surface area contributed by atoms with Crippen molar-refractivity contribution in [2.24, 2.45) is 0 Å². The zero-order valence-electron chi connectivity index (χ0n) is 17.8. The van der Waals surface area contributed by atoms with Gasteiger partial charge in [-0.25, -0.2) is 4.68 Å². The molecule has 4 heterocycles. The molecule has 0 radical (unpaired) electrons. The highest BCUT2D eigenvalue weighted by Crippen LogP contribution is 2.36. The summed E-state index contributed by atoms with van der Waals surface area (Å²) in [6.45, 7) is 1.88. The zero-order chi connectivity index (χ0) is 22.6. The highest BCUT2D eigenvalue weighted by molar-refractivity contribution is 7.98. The van der Waals surface area contributed by atoms with Crippen LogP contribution in [0.15, 0.2) is 95.8 Å². The Labute approximate surface area is 195 Å². The van der Waals surface area contributed by atoms with E-state index in [-0.39, 0.29) is 5.91 Å². The van der Waals surface area contributed by atoms with E-state index in [4.69, 9.17) is 5.10 Å². The van der Waals surface area contributed by atoms with Gasteiger partial charge in [-0.1, -0.05) is 42.1 Å². The topological polar surface area (TPSA) is 97.6 Å². The number of fused-ring (bicyclic) bond motifs is 1. The molecule has 1 aliphatic heterocycles. The monoisotopic (exact) mass is 455 g/mol. The van der Waals surface area contributed by atoms with E-state index in [9.17, 15) is 4.79 Å². The molecule has 2 N–H and O–H groups in total. The largest absolute Gasteiger partial charge is 0.328 e. The highest BCUT2D eigenvalue weighted by Gasteiger charge is 2.34. The maximum Gasteiger partial charge on any atom is 0.255 e. The average molecular weight is 456 g/mol. The van der Waals surface area contributed by atoms with Crippen LogP contribution < -0.4 is 10.6 Å². The third-order valence-corrected chi connectivity index (χ3v) is 6.14. The van der Waals surface area contributed by atoms with Gasteiger partial charge in [0.25, 0.3) is 5.91 Å². The lowest BCUT2D eigenvalue weighted by atomic mass is 9.96. The minimum absolute atomic E-state index is 0.227. The fourth-order valence-electron chi connectivity index (χ4n) is 3.70. The Bertz CT molecular complexity index is 1290.